The fourth-order valence-corrected chi connectivity index (χ4v) is 2.16. The number of piperidine rings is 1. The van der Waals surface area contributed by atoms with Crippen LogP contribution in [0.5, 0.6) is 0 Å². The predicted octanol–water partition coefficient (Wildman–Crippen LogP) is -0.138. The molecule has 0 atom stereocenters. The zero-order valence-corrected chi connectivity index (χ0v) is 8.57. The third kappa shape index (κ3) is 1.87. The first-order valence-electron chi connectivity index (χ1n) is 4.58. The van der Waals surface area contributed by atoms with E-state index in [0.717, 1.165) is 18.2 Å². The van der Waals surface area contributed by atoms with Crippen molar-refractivity contribution >= 4 is 16.7 Å². The second-order valence-electron chi connectivity index (χ2n) is 3.59. The first-order chi connectivity index (χ1) is 6.73. The van der Waals surface area contributed by atoms with E-state index < -0.39 is 5.60 Å². The van der Waals surface area contributed by atoms with E-state index in [1.165, 1.54) is 17.9 Å². The van der Waals surface area contributed by atoms with Gasteiger partial charge in [-0.1, -0.05) is 0 Å². The number of anilines is 1. The lowest BCUT2D eigenvalue weighted by Gasteiger charge is -2.36. The van der Waals surface area contributed by atoms with E-state index in [-0.39, 0.29) is 6.61 Å². The van der Waals surface area contributed by atoms with Crippen LogP contribution in [0.4, 0.5) is 5.13 Å². The van der Waals surface area contributed by atoms with E-state index in [2.05, 4.69) is 14.3 Å². The molecule has 0 amide bonds. The molecular weight excluding hydrogens is 202 g/mol. The van der Waals surface area contributed by atoms with Gasteiger partial charge in [-0.25, -0.2) is 4.98 Å². The Labute approximate surface area is 86.2 Å². The Bertz CT molecular complexity index is 283. The molecule has 6 heteroatoms. The van der Waals surface area contributed by atoms with Crippen molar-refractivity contribution in [3.63, 3.8) is 0 Å². The maximum absolute atomic E-state index is 9.79. The number of aliphatic hydroxyl groups is 2. The van der Waals surface area contributed by atoms with Gasteiger partial charge in [0.1, 0.15) is 6.33 Å². The molecule has 1 saturated heterocycles. The van der Waals surface area contributed by atoms with Crippen LogP contribution in [0, 0.1) is 0 Å². The molecule has 0 saturated carbocycles. The van der Waals surface area contributed by atoms with Crippen LogP contribution in [0.3, 0.4) is 0 Å². The first-order valence-corrected chi connectivity index (χ1v) is 5.36. The Balaban J connectivity index is 1.97. The highest BCUT2D eigenvalue weighted by Crippen LogP contribution is 2.25. The van der Waals surface area contributed by atoms with Crippen LogP contribution in [0.1, 0.15) is 12.8 Å². The van der Waals surface area contributed by atoms with E-state index in [1.54, 1.807) is 0 Å². The van der Waals surface area contributed by atoms with E-state index in [4.69, 9.17) is 5.11 Å². The summed E-state index contributed by atoms with van der Waals surface area (Å²) in [6.07, 6.45) is 2.71. The number of hydrogen-bond donors (Lipinski definition) is 2. The largest absolute Gasteiger partial charge is 0.393 e. The Kier molecular flexibility index (Phi) is 2.66. The van der Waals surface area contributed by atoms with Gasteiger partial charge in [0, 0.05) is 24.6 Å². The van der Waals surface area contributed by atoms with Crippen molar-refractivity contribution in [3.8, 4) is 0 Å². The fraction of sp³-hybridized carbons (Fsp3) is 0.750. The Morgan fingerprint density at radius 1 is 1.50 bits per heavy atom. The van der Waals surface area contributed by atoms with Gasteiger partial charge in [-0.2, -0.15) is 4.37 Å². The SMILES string of the molecule is OCC1(O)CCN(c2ncns2)CC1. The molecule has 1 aromatic rings. The summed E-state index contributed by atoms with van der Waals surface area (Å²) in [6.45, 7) is 1.30. The Morgan fingerprint density at radius 3 is 2.71 bits per heavy atom. The van der Waals surface area contributed by atoms with Crippen LogP contribution >= 0.6 is 11.5 Å². The molecule has 78 valence electrons. The summed E-state index contributed by atoms with van der Waals surface area (Å²) in [4.78, 5) is 6.19. The van der Waals surface area contributed by atoms with Crippen LogP contribution in [-0.2, 0) is 0 Å². The lowest BCUT2D eigenvalue weighted by Crippen LogP contribution is -2.46. The molecular formula is C8H13N3O2S. The average molecular weight is 215 g/mol. The third-order valence-corrected chi connectivity index (χ3v) is 3.34. The van der Waals surface area contributed by atoms with Crippen molar-refractivity contribution in [1.82, 2.24) is 9.36 Å². The van der Waals surface area contributed by atoms with Crippen molar-refractivity contribution in [2.24, 2.45) is 0 Å². The summed E-state index contributed by atoms with van der Waals surface area (Å²) in [7, 11) is 0. The van der Waals surface area contributed by atoms with Gasteiger partial charge in [-0.15, -0.1) is 0 Å². The second kappa shape index (κ2) is 3.80. The summed E-state index contributed by atoms with van der Waals surface area (Å²) in [5.74, 6) is 0. The second-order valence-corrected chi connectivity index (χ2v) is 4.35. The number of aromatic nitrogens is 2. The number of aliphatic hydroxyl groups excluding tert-OH is 1. The minimum absolute atomic E-state index is 0.156. The minimum atomic E-state index is -0.888. The topological polar surface area (TPSA) is 69.5 Å². The minimum Gasteiger partial charge on any atom is -0.393 e. The summed E-state index contributed by atoms with van der Waals surface area (Å²) in [5, 5.41) is 19.7. The highest BCUT2D eigenvalue weighted by molar-refractivity contribution is 7.09. The molecule has 1 aliphatic rings. The molecule has 1 fully saturated rings. The Morgan fingerprint density at radius 2 is 2.21 bits per heavy atom. The van der Waals surface area contributed by atoms with Crippen molar-refractivity contribution in [2.45, 2.75) is 18.4 Å². The van der Waals surface area contributed by atoms with E-state index in [0.29, 0.717) is 12.8 Å². The molecule has 2 heterocycles. The van der Waals surface area contributed by atoms with Gasteiger partial charge in [0.15, 0.2) is 0 Å². The summed E-state index contributed by atoms with van der Waals surface area (Å²) < 4.78 is 3.93. The van der Waals surface area contributed by atoms with Crippen LogP contribution in [-0.4, -0.2) is 44.9 Å². The van der Waals surface area contributed by atoms with Crippen LogP contribution in [0.25, 0.3) is 0 Å². The van der Waals surface area contributed by atoms with Gasteiger partial charge in [-0.3, -0.25) is 0 Å². The smallest absolute Gasteiger partial charge is 0.204 e. The summed E-state index contributed by atoms with van der Waals surface area (Å²) in [5.41, 5.74) is -0.888. The van der Waals surface area contributed by atoms with E-state index in [1.807, 2.05) is 0 Å². The van der Waals surface area contributed by atoms with Gasteiger partial charge in [0.05, 0.1) is 12.2 Å². The van der Waals surface area contributed by atoms with Gasteiger partial charge >= 0.3 is 0 Å². The van der Waals surface area contributed by atoms with Gasteiger partial charge in [-0.05, 0) is 12.8 Å². The van der Waals surface area contributed by atoms with Crippen molar-refractivity contribution in [3.05, 3.63) is 6.33 Å². The van der Waals surface area contributed by atoms with Crippen LogP contribution < -0.4 is 4.90 Å². The molecule has 2 N–H and O–H groups in total. The molecule has 1 aliphatic heterocycles. The van der Waals surface area contributed by atoms with Gasteiger partial charge in [0.2, 0.25) is 5.13 Å². The highest BCUT2D eigenvalue weighted by Gasteiger charge is 2.32. The lowest BCUT2D eigenvalue weighted by molar-refractivity contribution is -0.0325. The molecule has 0 radical (unpaired) electrons. The molecule has 0 aromatic carbocycles. The van der Waals surface area contributed by atoms with Crippen molar-refractivity contribution in [1.29, 1.82) is 0 Å². The number of hydrogen-bond acceptors (Lipinski definition) is 6. The predicted molar refractivity (Wildman–Crippen MR) is 53.4 cm³/mol. The normalized spacial score (nSPS) is 21.1. The molecule has 2 rings (SSSR count). The monoisotopic (exact) mass is 215 g/mol. The quantitative estimate of drug-likeness (QED) is 0.718. The summed E-state index contributed by atoms with van der Waals surface area (Å²) in [6, 6.07) is 0. The fourth-order valence-electron chi connectivity index (χ4n) is 1.58. The molecule has 0 unspecified atom stereocenters. The zero-order chi connectivity index (χ0) is 10.0. The molecule has 14 heavy (non-hydrogen) atoms. The number of rotatable bonds is 2. The van der Waals surface area contributed by atoms with Crippen LogP contribution in [0.15, 0.2) is 6.33 Å². The van der Waals surface area contributed by atoms with Gasteiger partial charge in [0.25, 0.3) is 0 Å². The van der Waals surface area contributed by atoms with Gasteiger partial charge < -0.3 is 15.1 Å². The summed E-state index contributed by atoms with van der Waals surface area (Å²) >= 11 is 1.36. The van der Waals surface area contributed by atoms with Crippen molar-refractivity contribution in [2.75, 3.05) is 24.6 Å². The number of nitrogens with zero attached hydrogens (tertiary/aromatic N) is 3. The zero-order valence-electron chi connectivity index (χ0n) is 7.76. The molecule has 1 aromatic heterocycles. The van der Waals surface area contributed by atoms with E-state index >= 15 is 0 Å². The average Bonchev–Trinajstić information content (AvgIpc) is 2.72. The maximum atomic E-state index is 9.79. The third-order valence-electron chi connectivity index (χ3n) is 2.61. The van der Waals surface area contributed by atoms with Crippen molar-refractivity contribution < 1.29 is 10.2 Å². The molecule has 0 spiro atoms. The van der Waals surface area contributed by atoms with E-state index in [9.17, 15) is 5.11 Å². The molecule has 5 nitrogen and oxygen atoms in total. The Hall–Kier alpha value is -0.720. The molecule has 0 aliphatic carbocycles. The highest BCUT2D eigenvalue weighted by atomic mass is 32.1. The standard InChI is InChI=1S/C8H13N3O2S/c12-5-8(13)1-3-11(4-2-8)7-9-6-10-14-7/h6,12-13H,1-5H2. The molecule has 0 bridgehead atoms. The lowest BCUT2D eigenvalue weighted by atomic mass is 9.93. The van der Waals surface area contributed by atoms with Crippen LogP contribution in [0.2, 0.25) is 0 Å². The maximum Gasteiger partial charge on any atom is 0.204 e. The first kappa shape index (κ1) is 9.82.